The molecule has 4 aromatic rings. The van der Waals surface area contributed by atoms with Crippen LogP contribution in [0.2, 0.25) is 0 Å². The number of rotatable bonds is 1. The van der Waals surface area contributed by atoms with Gasteiger partial charge in [-0.2, -0.15) is 9.61 Å². The summed E-state index contributed by atoms with van der Waals surface area (Å²) in [6.45, 7) is 0. The maximum Gasteiger partial charge on any atom is 0.260 e. The smallest absolute Gasteiger partial charge is 0.244 e. The van der Waals surface area contributed by atoms with Crippen LogP contribution in [0.5, 0.6) is 0 Å². The molecule has 8 heteroatoms. The van der Waals surface area contributed by atoms with Crippen LogP contribution < -0.4 is 0 Å². The predicted molar refractivity (Wildman–Crippen MR) is 78.7 cm³/mol. The normalized spacial score (nSPS) is 14.8. The molecule has 0 radical (unpaired) electrons. The summed E-state index contributed by atoms with van der Waals surface area (Å²) in [5.74, 6) is 0.745. The Kier molecular flexibility index (Phi) is 2.04. The Morgan fingerprint density at radius 3 is 3.15 bits per heavy atom. The molecule has 4 heterocycles. The van der Waals surface area contributed by atoms with E-state index in [0.29, 0.717) is 0 Å². The van der Waals surface area contributed by atoms with Gasteiger partial charge < -0.3 is 0 Å². The van der Waals surface area contributed by atoms with Crippen LogP contribution in [0.1, 0.15) is 16.9 Å². The summed E-state index contributed by atoms with van der Waals surface area (Å²) in [5.41, 5.74) is 2.36. The zero-order valence-corrected chi connectivity index (χ0v) is 12.3. The fraction of sp³-hybridized carbons (Fsp3) is 0.333. The summed E-state index contributed by atoms with van der Waals surface area (Å²) >= 11 is 3.46. The minimum Gasteiger partial charge on any atom is -0.244 e. The van der Waals surface area contributed by atoms with Crippen LogP contribution in [0.25, 0.3) is 21.6 Å². The molecular formula is C12H10N6S2. The van der Waals surface area contributed by atoms with Crippen molar-refractivity contribution in [1.29, 1.82) is 0 Å². The van der Waals surface area contributed by atoms with Gasteiger partial charge in [-0.1, -0.05) is 11.8 Å². The van der Waals surface area contributed by atoms with E-state index in [1.807, 2.05) is 17.6 Å². The lowest BCUT2D eigenvalue weighted by atomic mass is 10.2. The highest BCUT2D eigenvalue weighted by atomic mass is 32.2. The van der Waals surface area contributed by atoms with Crippen molar-refractivity contribution in [3.63, 3.8) is 0 Å². The number of aromatic nitrogens is 6. The van der Waals surface area contributed by atoms with Crippen molar-refractivity contribution in [2.24, 2.45) is 0 Å². The van der Waals surface area contributed by atoms with Gasteiger partial charge in [0, 0.05) is 4.88 Å². The largest absolute Gasteiger partial charge is 0.260 e. The summed E-state index contributed by atoms with van der Waals surface area (Å²) in [6.07, 6.45) is 7.18. The van der Waals surface area contributed by atoms with Crippen LogP contribution in [-0.4, -0.2) is 35.5 Å². The van der Waals surface area contributed by atoms with Gasteiger partial charge in [0.1, 0.15) is 11.2 Å². The number of hydrogen-bond donors (Lipinski definition) is 0. The quantitative estimate of drug-likeness (QED) is 0.504. The Hall–Kier alpha value is -1.67. The molecule has 0 aliphatic heterocycles. The maximum atomic E-state index is 4.45. The summed E-state index contributed by atoms with van der Waals surface area (Å²) in [6, 6.07) is 0. The van der Waals surface area contributed by atoms with Crippen molar-refractivity contribution in [3.05, 3.63) is 16.8 Å². The average Bonchev–Trinajstić information content (AvgIpc) is 3.18. The molecule has 4 aromatic heterocycles. The lowest BCUT2D eigenvalue weighted by Gasteiger charge is -2.02. The van der Waals surface area contributed by atoms with Gasteiger partial charge in [0.25, 0.3) is 5.78 Å². The molecule has 0 spiro atoms. The Morgan fingerprint density at radius 1 is 1.30 bits per heavy atom. The SMILES string of the molecule is CSc1nnc2n3ncnc3c3c4c(sc3n12)CCC4. The molecule has 0 N–H and O–H groups in total. The van der Waals surface area contributed by atoms with Gasteiger partial charge in [0.2, 0.25) is 0 Å². The van der Waals surface area contributed by atoms with Gasteiger partial charge in [-0.25, -0.2) is 9.38 Å². The first-order valence-electron chi connectivity index (χ1n) is 6.43. The minimum atomic E-state index is 0.745. The molecule has 20 heavy (non-hydrogen) atoms. The van der Waals surface area contributed by atoms with Gasteiger partial charge >= 0.3 is 0 Å². The molecule has 0 aromatic carbocycles. The van der Waals surface area contributed by atoms with E-state index < -0.39 is 0 Å². The number of nitrogens with zero attached hydrogens (tertiary/aromatic N) is 6. The molecule has 6 nitrogen and oxygen atoms in total. The van der Waals surface area contributed by atoms with Crippen molar-refractivity contribution in [2.75, 3.05) is 6.26 Å². The van der Waals surface area contributed by atoms with Crippen molar-refractivity contribution in [1.82, 2.24) is 29.2 Å². The summed E-state index contributed by atoms with van der Waals surface area (Å²) in [4.78, 5) is 7.14. The van der Waals surface area contributed by atoms with Crippen molar-refractivity contribution in [3.8, 4) is 0 Å². The first kappa shape index (κ1) is 11.0. The van der Waals surface area contributed by atoms with E-state index >= 15 is 0 Å². The molecule has 1 aliphatic rings. The third-order valence-corrected chi connectivity index (χ3v) is 5.77. The molecule has 0 fully saturated rings. The van der Waals surface area contributed by atoms with Crippen molar-refractivity contribution in [2.45, 2.75) is 24.4 Å². The van der Waals surface area contributed by atoms with E-state index in [0.717, 1.165) is 23.0 Å². The van der Waals surface area contributed by atoms with Gasteiger partial charge in [-0.05, 0) is 31.1 Å². The summed E-state index contributed by atoms with van der Waals surface area (Å²) in [5, 5.41) is 15.0. The highest BCUT2D eigenvalue weighted by molar-refractivity contribution is 7.98. The fourth-order valence-electron chi connectivity index (χ4n) is 3.05. The second-order valence-electron chi connectivity index (χ2n) is 4.86. The van der Waals surface area contributed by atoms with E-state index in [-0.39, 0.29) is 0 Å². The topological polar surface area (TPSA) is 60.4 Å². The summed E-state index contributed by atoms with van der Waals surface area (Å²) < 4.78 is 3.92. The van der Waals surface area contributed by atoms with Crippen LogP contribution in [0.4, 0.5) is 0 Å². The monoisotopic (exact) mass is 302 g/mol. The Bertz CT molecular complexity index is 978. The molecule has 0 atom stereocenters. The molecule has 0 saturated heterocycles. The average molecular weight is 302 g/mol. The van der Waals surface area contributed by atoms with Crippen molar-refractivity contribution >= 4 is 44.7 Å². The Balaban J connectivity index is 2.14. The first-order valence-corrected chi connectivity index (χ1v) is 8.47. The zero-order chi connectivity index (χ0) is 13.3. The van der Waals surface area contributed by atoms with E-state index in [1.165, 1.54) is 33.5 Å². The number of thioether (sulfide) groups is 1. The van der Waals surface area contributed by atoms with Gasteiger partial charge in [-0.15, -0.1) is 21.5 Å². The van der Waals surface area contributed by atoms with Crippen LogP contribution in [-0.2, 0) is 12.8 Å². The first-order chi connectivity index (χ1) is 9.88. The molecule has 1 aliphatic carbocycles. The molecular weight excluding hydrogens is 292 g/mol. The van der Waals surface area contributed by atoms with Gasteiger partial charge in [0.05, 0.1) is 5.39 Å². The van der Waals surface area contributed by atoms with Gasteiger partial charge in [0.15, 0.2) is 10.8 Å². The summed E-state index contributed by atoms with van der Waals surface area (Å²) in [7, 11) is 0. The van der Waals surface area contributed by atoms with Crippen molar-refractivity contribution < 1.29 is 0 Å². The molecule has 5 rings (SSSR count). The minimum absolute atomic E-state index is 0.745. The van der Waals surface area contributed by atoms with Crippen LogP contribution in [0.3, 0.4) is 0 Å². The van der Waals surface area contributed by atoms with E-state index in [9.17, 15) is 0 Å². The van der Waals surface area contributed by atoms with E-state index in [4.69, 9.17) is 0 Å². The number of fused-ring (bicyclic) bond motifs is 8. The second kappa shape index (κ2) is 3.70. The number of aryl methyl sites for hydroxylation is 2. The Labute approximate surface area is 121 Å². The number of hydrogen-bond acceptors (Lipinski definition) is 6. The Morgan fingerprint density at radius 2 is 2.25 bits per heavy atom. The van der Waals surface area contributed by atoms with Gasteiger partial charge in [-0.3, -0.25) is 0 Å². The van der Waals surface area contributed by atoms with Crippen LogP contribution in [0, 0.1) is 0 Å². The molecule has 100 valence electrons. The van der Waals surface area contributed by atoms with Crippen LogP contribution in [0.15, 0.2) is 11.5 Å². The lowest BCUT2D eigenvalue weighted by Crippen LogP contribution is -1.99. The highest BCUT2D eigenvalue weighted by Gasteiger charge is 2.24. The van der Waals surface area contributed by atoms with Crippen LogP contribution >= 0.6 is 23.1 Å². The maximum absolute atomic E-state index is 4.45. The highest BCUT2D eigenvalue weighted by Crippen LogP contribution is 2.40. The number of thiophene rings is 1. The lowest BCUT2D eigenvalue weighted by molar-refractivity contribution is 0.912. The van der Waals surface area contributed by atoms with E-state index in [2.05, 4.69) is 24.7 Å². The van der Waals surface area contributed by atoms with E-state index in [1.54, 1.807) is 22.6 Å². The molecule has 0 saturated carbocycles. The fourth-order valence-corrected chi connectivity index (χ4v) is 4.96. The molecule has 0 bridgehead atoms. The zero-order valence-electron chi connectivity index (χ0n) is 10.7. The molecule has 0 unspecified atom stereocenters. The predicted octanol–water partition coefficient (Wildman–Crippen LogP) is 2.20. The standard InChI is InChI=1S/C12H10N6S2/c1-19-12-16-15-11-17(12)10-8(9-13-5-14-18(9)11)6-3-2-4-7(6)20-10/h5H,2-4H2,1H3. The molecule has 0 amide bonds. The second-order valence-corrected chi connectivity index (χ2v) is 6.71. The third kappa shape index (κ3) is 1.17. The third-order valence-electron chi connectivity index (χ3n) is 3.87.